The van der Waals surface area contributed by atoms with Gasteiger partial charge in [0.15, 0.2) is 11.2 Å². The normalized spacial score (nSPS) is 12.0. The van der Waals surface area contributed by atoms with Crippen LogP contribution in [0.4, 0.5) is 34.1 Å². The monoisotopic (exact) mass is 854 g/mol. The number of rotatable bonds is 6. The number of nitrogens with zero attached hydrogens (tertiary/aromatic N) is 2. The Kier molecular flexibility index (Phi) is 8.31. The van der Waals surface area contributed by atoms with Gasteiger partial charge in [0.25, 0.3) is 0 Å². The van der Waals surface area contributed by atoms with Gasteiger partial charge < -0.3 is 18.6 Å². The number of furan rings is 2. The highest BCUT2D eigenvalue weighted by Gasteiger charge is 2.27. The first-order chi connectivity index (χ1) is 31.9. The fourth-order valence-electron chi connectivity index (χ4n) is 10.2. The van der Waals surface area contributed by atoms with Crippen LogP contribution in [0, 0.1) is 27.7 Å². The minimum Gasteiger partial charge on any atom is -0.454 e. The molecule has 0 spiro atoms. The third-order valence-electron chi connectivity index (χ3n) is 13.7. The second-order valence-electron chi connectivity index (χ2n) is 17.4. The van der Waals surface area contributed by atoms with Gasteiger partial charge >= 0.3 is 0 Å². The molecule has 0 N–H and O–H groups in total. The Morgan fingerprint density at radius 3 is 1.14 bits per heavy atom. The Bertz CT molecular complexity index is 3830. The van der Waals surface area contributed by atoms with Crippen LogP contribution in [0.15, 0.2) is 191 Å². The van der Waals surface area contributed by atoms with Gasteiger partial charge in [-0.15, -0.1) is 11.3 Å². The molecule has 13 rings (SSSR count). The van der Waals surface area contributed by atoms with E-state index < -0.39 is 0 Å². The largest absolute Gasteiger partial charge is 0.454 e. The Hall–Kier alpha value is -7.86. The molecule has 0 aliphatic heterocycles. The lowest BCUT2D eigenvalue weighted by atomic mass is 9.96. The van der Waals surface area contributed by atoms with E-state index in [4.69, 9.17) is 8.83 Å². The summed E-state index contributed by atoms with van der Waals surface area (Å²) in [5, 5.41) is 11.7. The van der Waals surface area contributed by atoms with Crippen molar-refractivity contribution in [2.45, 2.75) is 27.7 Å². The number of aryl methyl sites for hydroxylation is 4. The molecular weight excluding hydrogens is 813 g/mol. The van der Waals surface area contributed by atoms with Crippen LogP contribution in [-0.2, 0) is 0 Å². The van der Waals surface area contributed by atoms with Gasteiger partial charge in [0.2, 0.25) is 0 Å². The third kappa shape index (κ3) is 5.68. The van der Waals surface area contributed by atoms with Gasteiger partial charge in [0.1, 0.15) is 11.2 Å². The molecule has 0 fully saturated rings. The Balaban J connectivity index is 1.11. The van der Waals surface area contributed by atoms with Crippen LogP contribution in [0.2, 0.25) is 0 Å². The minimum absolute atomic E-state index is 0.869. The summed E-state index contributed by atoms with van der Waals surface area (Å²) >= 11 is 1.86. The molecule has 13 aromatic rings. The molecule has 3 heterocycles. The summed E-state index contributed by atoms with van der Waals surface area (Å²) in [7, 11) is 0. The lowest BCUT2D eigenvalue weighted by molar-refractivity contribution is 0.669. The average Bonchev–Trinajstić information content (AvgIpc) is 4.04. The number of thiophene rings is 1. The van der Waals surface area contributed by atoms with Crippen LogP contribution < -0.4 is 9.80 Å². The van der Waals surface area contributed by atoms with Crippen LogP contribution >= 0.6 is 11.3 Å². The molecule has 4 nitrogen and oxygen atoms in total. The zero-order valence-electron chi connectivity index (χ0n) is 36.4. The van der Waals surface area contributed by atoms with Gasteiger partial charge in [0.05, 0.1) is 22.7 Å². The van der Waals surface area contributed by atoms with Gasteiger partial charge in [-0.05, 0) is 121 Å². The fourth-order valence-corrected chi connectivity index (χ4v) is 11.4. The third-order valence-corrected chi connectivity index (χ3v) is 14.8. The second kappa shape index (κ2) is 14.3. The van der Waals surface area contributed by atoms with Crippen LogP contribution in [0.5, 0.6) is 0 Å². The first-order valence-electron chi connectivity index (χ1n) is 22.2. The number of hydrogen-bond acceptors (Lipinski definition) is 5. The maximum Gasteiger partial charge on any atom is 0.159 e. The van der Waals surface area contributed by atoms with Crippen LogP contribution in [0.3, 0.4) is 0 Å². The molecule has 5 heteroatoms. The Morgan fingerprint density at radius 2 is 0.708 bits per heavy atom. The smallest absolute Gasteiger partial charge is 0.159 e. The summed E-state index contributed by atoms with van der Waals surface area (Å²) < 4.78 is 16.0. The van der Waals surface area contributed by atoms with Crippen molar-refractivity contribution >= 4 is 131 Å². The number of fused-ring (bicyclic) bond motifs is 13. The molecule has 310 valence electrons. The molecule has 0 atom stereocenters. The summed E-state index contributed by atoms with van der Waals surface area (Å²) in [6.07, 6.45) is 0. The fraction of sp³-hybridized carbons (Fsp3) is 0.0667. The van der Waals surface area contributed by atoms with Crippen molar-refractivity contribution in [3.63, 3.8) is 0 Å². The molecule has 3 aromatic heterocycles. The molecule has 10 aromatic carbocycles. The molecule has 65 heavy (non-hydrogen) atoms. The molecule has 0 aliphatic rings. The van der Waals surface area contributed by atoms with E-state index in [9.17, 15) is 0 Å². The maximum atomic E-state index is 6.77. The Morgan fingerprint density at radius 1 is 0.323 bits per heavy atom. The standard InChI is InChI=1S/C60H42N2O2S/c1-35-27-29-39(31-37(35)3)61(49-23-13-21-47-43-17-9-11-25-53(43)63-59(47)49)51-33-55-57(45-19-7-5-15-41(45)51)58-46-20-8-6-16-42(46)52(34-56(58)65-55)62(40-30-28-36(2)38(4)32-40)50-24-14-22-48-44-18-10-12-26-54(44)64-60(48)50/h5-34H,1-4H3. The lowest BCUT2D eigenvalue weighted by Crippen LogP contribution is -2.11. The number of anilines is 6. The molecule has 0 amide bonds. The molecule has 0 saturated carbocycles. The summed E-state index contributed by atoms with van der Waals surface area (Å²) in [5.41, 5.74) is 14.9. The highest BCUT2D eigenvalue weighted by molar-refractivity contribution is 7.26. The van der Waals surface area contributed by atoms with Crippen LogP contribution in [0.25, 0.3) is 85.6 Å². The summed E-state index contributed by atoms with van der Waals surface area (Å²) in [5.74, 6) is 0. The van der Waals surface area contributed by atoms with E-state index in [1.165, 1.54) is 64.0 Å². The molecule has 0 saturated heterocycles. The molecular formula is C60H42N2O2S. The molecule has 0 bridgehead atoms. The predicted molar refractivity (Wildman–Crippen MR) is 277 cm³/mol. The van der Waals surface area contributed by atoms with Gasteiger partial charge in [-0.2, -0.15) is 0 Å². The van der Waals surface area contributed by atoms with Gasteiger partial charge in [-0.1, -0.05) is 121 Å². The van der Waals surface area contributed by atoms with E-state index in [1.807, 2.05) is 23.5 Å². The summed E-state index contributed by atoms with van der Waals surface area (Å²) in [6.45, 7) is 8.76. The van der Waals surface area contributed by atoms with Gasteiger partial charge in [-0.3, -0.25) is 0 Å². The SMILES string of the molecule is Cc1ccc(N(c2cc3sc4cc(N(c5ccc(C)c(C)c5)c5cccc6c5oc5ccccc56)c5ccccc5c4c3c3ccccc23)c2cccc3c2oc2ccccc23)cc1C. The first-order valence-corrected chi connectivity index (χ1v) is 23.1. The topological polar surface area (TPSA) is 32.8 Å². The number of hydrogen-bond donors (Lipinski definition) is 0. The van der Waals surface area contributed by atoms with Crippen molar-refractivity contribution in [2.75, 3.05) is 9.80 Å². The van der Waals surface area contributed by atoms with Crippen molar-refractivity contribution in [1.29, 1.82) is 0 Å². The van der Waals surface area contributed by atoms with E-state index in [1.54, 1.807) is 0 Å². The van der Waals surface area contributed by atoms with E-state index in [-0.39, 0.29) is 0 Å². The van der Waals surface area contributed by atoms with Crippen molar-refractivity contribution in [3.05, 3.63) is 204 Å². The van der Waals surface area contributed by atoms with E-state index in [0.717, 1.165) is 78.0 Å². The van der Waals surface area contributed by atoms with E-state index in [2.05, 4.69) is 207 Å². The molecule has 0 radical (unpaired) electrons. The second-order valence-corrected chi connectivity index (χ2v) is 18.5. The zero-order valence-corrected chi connectivity index (χ0v) is 37.3. The van der Waals surface area contributed by atoms with Gasteiger partial charge in [0, 0.05) is 63.9 Å². The minimum atomic E-state index is 0.869. The number of benzene rings is 10. The summed E-state index contributed by atoms with van der Waals surface area (Å²) in [6, 6.07) is 66.1. The average molecular weight is 855 g/mol. The van der Waals surface area contributed by atoms with Crippen molar-refractivity contribution < 1.29 is 8.83 Å². The van der Waals surface area contributed by atoms with Crippen molar-refractivity contribution in [2.24, 2.45) is 0 Å². The van der Waals surface area contributed by atoms with Crippen LogP contribution in [-0.4, -0.2) is 0 Å². The Labute approximate surface area is 379 Å². The summed E-state index contributed by atoms with van der Waals surface area (Å²) in [4.78, 5) is 4.84. The lowest BCUT2D eigenvalue weighted by Gasteiger charge is -2.28. The van der Waals surface area contributed by atoms with E-state index >= 15 is 0 Å². The molecule has 0 aliphatic carbocycles. The maximum absolute atomic E-state index is 6.77. The van der Waals surface area contributed by atoms with Crippen LogP contribution in [0.1, 0.15) is 22.3 Å². The quantitative estimate of drug-likeness (QED) is 0.167. The zero-order chi connectivity index (χ0) is 43.5. The number of para-hydroxylation sites is 4. The first kappa shape index (κ1) is 37.7. The molecule has 0 unspecified atom stereocenters. The predicted octanol–water partition coefficient (Wildman–Crippen LogP) is 18.3. The highest BCUT2D eigenvalue weighted by Crippen LogP contribution is 2.53. The van der Waals surface area contributed by atoms with E-state index in [0.29, 0.717) is 0 Å². The van der Waals surface area contributed by atoms with Gasteiger partial charge in [-0.25, -0.2) is 0 Å². The van der Waals surface area contributed by atoms with Crippen molar-refractivity contribution in [1.82, 2.24) is 0 Å². The highest BCUT2D eigenvalue weighted by atomic mass is 32.1. The van der Waals surface area contributed by atoms with Crippen molar-refractivity contribution in [3.8, 4) is 0 Å².